The van der Waals surface area contributed by atoms with Crippen LogP contribution in [-0.2, 0) is 6.42 Å². The van der Waals surface area contributed by atoms with Gasteiger partial charge in [-0.2, -0.15) is 0 Å². The van der Waals surface area contributed by atoms with E-state index in [1.165, 1.54) is 5.56 Å². The van der Waals surface area contributed by atoms with Crippen LogP contribution in [0.4, 0.5) is 16.2 Å². The fourth-order valence-corrected chi connectivity index (χ4v) is 5.21. The molecule has 0 radical (unpaired) electrons. The van der Waals surface area contributed by atoms with Crippen LogP contribution < -0.4 is 24.6 Å². The Morgan fingerprint density at radius 3 is 2.50 bits per heavy atom. The maximum absolute atomic E-state index is 13.4. The smallest absolute Gasteiger partial charge is 0.322 e. The number of anilines is 2. The van der Waals surface area contributed by atoms with Crippen LogP contribution in [0.15, 0.2) is 42.5 Å². The molecular weight excluding hydrogens is 428 g/mol. The highest BCUT2D eigenvalue weighted by Gasteiger charge is 2.34. The normalized spacial score (nSPS) is 20.6. The molecule has 34 heavy (non-hydrogen) atoms. The lowest BCUT2D eigenvalue weighted by molar-refractivity contribution is 0.171. The number of para-hydroxylation sites is 2. The molecule has 1 fully saturated rings. The largest absolute Gasteiger partial charge is 0.486 e. The third-order valence-corrected chi connectivity index (χ3v) is 6.79. The third-order valence-electron chi connectivity index (χ3n) is 6.79. The summed E-state index contributed by atoms with van der Waals surface area (Å²) in [6.07, 6.45) is 1.99. The van der Waals surface area contributed by atoms with Crippen LogP contribution in [0.3, 0.4) is 0 Å². The van der Waals surface area contributed by atoms with E-state index in [4.69, 9.17) is 9.47 Å². The van der Waals surface area contributed by atoms with Crippen LogP contribution in [0.5, 0.6) is 11.5 Å². The Hall–Kier alpha value is -2.93. The van der Waals surface area contributed by atoms with Crippen molar-refractivity contribution in [3.63, 3.8) is 0 Å². The van der Waals surface area contributed by atoms with Gasteiger partial charge in [0.05, 0.1) is 11.7 Å². The number of nitrogens with zero attached hydrogens (tertiary/aromatic N) is 3. The lowest BCUT2D eigenvalue weighted by Crippen LogP contribution is -2.58. The summed E-state index contributed by atoms with van der Waals surface area (Å²) in [5, 5.41) is 3.19. The molecule has 0 spiro atoms. The quantitative estimate of drug-likeness (QED) is 0.747. The predicted molar refractivity (Wildman–Crippen MR) is 135 cm³/mol. The number of benzene rings is 2. The average Bonchev–Trinajstić information content (AvgIpc) is 2.83. The van der Waals surface area contributed by atoms with Crippen molar-refractivity contribution in [1.82, 2.24) is 10.2 Å². The second-order valence-electron chi connectivity index (χ2n) is 10.5. The maximum atomic E-state index is 13.4. The highest BCUT2D eigenvalue weighted by atomic mass is 16.6. The third kappa shape index (κ3) is 4.80. The van der Waals surface area contributed by atoms with Crippen molar-refractivity contribution in [1.29, 1.82) is 0 Å². The Bertz CT molecular complexity index is 1030. The summed E-state index contributed by atoms with van der Waals surface area (Å²) >= 11 is 0. The molecule has 0 aromatic heterocycles. The number of carbonyl (C=O) groups excluding carboxylic acids is 1. The van der Waals surface area contributed by atoms with Gasteiger partial charge in [-0.3, -0.25) is 9.80 Å². The number of hydrogen-bond acceptors (Lipinski definition) is 5. The first-order valence-electron chi connectivity index (χ1n) is 12.4. The van der Waals surface area contributed by atoms with Crippen molar-refractivity contribution >= 4 is 17.4 Å². The van der Waals surface area contributed by atoms with E-state index < -0.39 is 0 Å². The maximum Gasteiger partial charge on any atom is 0.322 e. The van der Waals surface area contributed by atoms with E-state index in [1.807, 2.05) is 43.9 Å². The molecule has 5 rings (SSSR count). The first-order valence-corrected chi connectivity index (χ1v) is 12.4. The first kappa shape index (κ1) is 22.8. The SMILES string of the molecule is CC(C)(C)NC(=O)N1c2ccccc2CCC1CN1CCN(c2cccc3c2OCCO3)CC1. The molecule has 2 amide bonds. The number of nitrogens with one attached hydrogen (secondary N) is 1. The van der Waals surface area contributed by atoms with Gasteiger partial charge >= 0.3 is 6.03 Å². The summed E-state index contributed by atoms with van der Waals surface area (Å²) in [4.78, 5) is 20.3. The Labute approximate surface area is 202 Å². The molecule has 7 nitrogen and oxygen atoms in total. The summed E-state index contributed by atoms with van der Waals surface area (Å²) in [6, 6.07) is 14.6. The van der Waals surface area contributed by atoms with E-state index in [1.54, 1.807) is 0 Å². The van der Waals surface area contributed by atoms with E-state index in [2.05, 4.69) is 39.4 Å². The number of carbonyl (C=O) groups is 1. The van der Waals surface area contributed by atoms with Crippen molar-refractivity contribution in [2.45, 2.75) is 45.2 Å². The highest BCUT2D eigenvalue weighted by Crippen LogP contribution is 2.40. The fraction of sp³-hybridized carbons (Fsp3) is 0.519. The zero-order valence-electron chi connectivity index (χ0n) is 20.5. The minimum absolute atomic E-state index is 0.00338. The van der Waals surface area contributed by atoms with Crippen molar-refractivity contribution < 1.29 is 14.3 Å². The molecule has 3 aliphatic heterocycles. The van der Waals surface area contributed by atoms with Gasteiger partial charge in [-0.25, -0.2) is 4.79 Å². The molecule has 0 bridgehead atoms. The summed E-state index contributed by atoms with van der Waals surface area (Å²) in [7, 11) is 0. The molecule has 3 aliphatic rings. The van der Waals surface area contributed by atoms with Gasteiger partial charge < -0.3 is 19.7 Å². The van der Waals surface area contributed by atoms with E-state index in [0.29, 0.717) is 13.2 Å². The minimum Gasteiger partial charge on any atom is -0.486 e. The average molecular weight is 465 g/mol. The molecular formula is C27H36N4O3. The van der Waals surface area contributed by atoms with E-state index in [-0.39, 0.29) is 17.6 Å². The zero-order chi connectivity index (χ0) is 23.7. The lowest BCUT2D eigenvalue weighted by atomic mass is 9.95. The number of piperazine rings is 1. The molecule has 182 valence electrons. The standard InChI is InChI=1S/C27H36N4O3/c1-27(2,3)28-26(32)31-21(12-11-20-7-4-5-8-22(20)31)19-29-13-15-30(16-14-29)23-9-6-10-24-25(23)34-18-17-33-24/h4-10,21H,11-19H2,1-3H3,(H,28,32). The van der Waals surface area contributed by atoms with Gasteiger partial charge in [0, 0.05) is 44.0 Å². The lowest BCUT2D eigenvalue weighted by Gasteiger charge is -2.43. The van der Waals surface area contributed by atoms with Gasteiger partial charge in [-0.1, -0.05) is 24.3 Å². The van der Waals surface area contributed by atoms with Gasteiger partial charge in [0.15, 0.2) is 11.5 Å². The molecule has 3 heterocycles. The number of aryl methyl sites for hydroxylation is 1. The summed E-state index contributed by atoms with van der Waals surface area (Å²) < 4.78 is 11.7. The van der Waals surface area contributed by atoms with E-state index in [9.17, 15) is 4.79 Å². The monoisotopic (exact) mass is 464 g/mol. The van der Waals surface area contributed by atoms with Crippen LogP contribution in [0.25, 0.3) is 0 Å². The van der Waals surface area contributed by atoms with Crippen molar-refractivity contribution in [2.75, 3.05) is 55.7 Å². The van der Waals surface area contributed by atoms with Gasteiger partial charge in [0.25, 0.3) is 0 Å². The molecule has 2 aromatic carbocycles. The Balaban J connectivity index is 1.27. The second-order valence-corrected chi connectivity index (χ2v) is 10.5. The van der Waals surface area contributed by atoms with Crippen LogP contribution in [0, 0.1) is 0 Å². The van der Waals surface area contributed by atoms with Gasteiger partial charge in [-0.15, -0.1) is 0 Å². The zero-order valence-corrected chi connectivity index (χ0v) is 20.5. The van der Waals surface area contributed by atoms with Gasteiger partial charge in [-0.05, 0) is 57.4 Å². The molecule has 7 heteroatoms. The van der Waals surface area contributed by atoms with Crippen molar-refractivity contribution in [3.05, 3.63) is 48.0 Å². The number of fused-ring (bicyclic) bond motifs is 2. The molecule has 0 aliphatic carbocycles. The number of rotatable bonds is 3. The molecule has 2 aromatic rings. The van der Waals surface area contributed by atoms with E-state index in [0.717, 1.165) is 68.4 Å². The summed E-state index contributed by atoms with van der Waals surface area (Å²) in [6.45, 7) is 12.0. The first-order chi connectivity index (χ1) is 16.4. The Kier molecular flexibility index (Phi) is 6.30. The minimum atomic E-state index is -0.278. The van der Waals surface area contributed by atoms with Crippen LogP contribution >= 0.6 is 0 Å². The molecule has 1 atom stereocenters. The number of hydrogen-bond donors (Lipinski definition) is 1. The molecule has 1 N–H and O–H groups in total. The number of ether oxygens (including phenoxy) is 2. The molecule has 1 saturated heterocycles. The van der Waals surface area contributed by atoms with Crippen molar-refractivity contribution in [3.8, 4) is 11.5 Å². The number of amides is 2. The second kappa shape index (κ2) is 9.37. The Morgan fingerprint density at radius 1 is 0.971 bits per heavy atom. The molecule has 0 saturated carbocycles. The van der Waals surface area contributed by atoms with Crippen LogP contribution in [0.2, 0.25) is 0 Å². The van der Waals surface area contributed by atoms with Crippen molar-refractivity contribution in [2.24, 2.45) is 0 Å². The summed E-state index contributed by atoms with van der Waals surface area (Å²) in [5.74, 6) is 1.71. The highest BCUT2D eigenvalue weighted by molar-refractivity contribution is 5.94. The van der Waals surface area contributed by atoms with E-state index >= 15 is 0 Å². The molecule has 1 unspecified atom stereocenters. The van der Waals surface area contributed by atoms with Crippen LogP contribution in [0.1, 0.15) is 32.8 Å². The predicted octanol–water partition coefficient (Wildman–Crippen LogP) is 3.91. The summed E-state index contributed by atoms with van der Waals surface area (Å²) in [5.41, 5.74) is 3.14. The van der Waals surface area contributed by atoms with Crippen LogP contribution in [-0.4, -0.2) is 68.4 Å². The Morgan fingerprint density at radius 2 is 1.71 bits per heavy atom. The number of urea groups is 1. The topological polar surface area (TPSA) is 57.3 Å². The van der Waals surface area contributed by atoms with Gasteiger partial charge in [0.1, 0.15) is 13.2 Å². The van der Waals surface area contributed by atoms with Gasteiger partial charge in [0.2, 0.25) is 0 Å². The fourth-order valence-electron chi connectivity index (χ4n) is 5.21.